The highest BCUT2D eigenvalue weighted by Crippen LogP contribution is 1.96. The molecule has 0 bridgehead atoms. The molecule has 0 spiro atoms. The van der Waals surface area contributed by atoms with Crippen LogP contribution in [0.25, 0.3) is 0 Å². The molecule has 2 rings (SSSR count). The van der Waals surface area contributed by atoms with Gasteiger partial charge < -0.3 is 19.9 Å². The smallest absolute Gasteiger partial charge is 0.191 e. The van der Waals surface area contributed by atoms with Crippen LogP contribution in [-0.4, -0.2) is 78.1 Å². The highest BCUT2D eigenvalue weighted by Gasteiger charge is 2.09. The van der Waals surface area contributed by atoms with Crippen molar-refractivity contribution in [1.29, 1.82) is 0 Å². The third kappa shape index (κ3) is 8.63. The third-order valence-corrected chi connectivity index (χ3v) is 4.26. The van der Waals surface area contributed by atoms with Crippen LogP contribution in [0.2, 0.25) is 0 Å². The summed E-state index contributed by atoms with van der Waals surface area (Å²) in [5.74, 6) is 1.92. The Morgan fingerprint density at radius 2 is 1.92 bits per heavy atom. The topological polar surface area (TPSA) is 79.6 Å². The van der Waals surface area contributed by atoms with Gasteiger partial charge in [0.1, 0.15) is 12.2 Å². The maximum Gasteiger partial charge on any atom is 0.191 e. The van der Waals surface area contributed by atoms with Crippen molar-refractivity contribution >= 4 is 29.9 Å². The van der Waals surface area contributed by atoms with Crippen LogP contribution in [0.5, 0.6) is 0 Å². The van der Waals surface area contributed by atoms with Gasteiger partial charge in [-0.1, -0.05) is 20.3 Å². The quantitative estimate of drug-likeness (QED) is 0.227. The Kier molecular flexibility index (Phi) is 12.6. The summed E-state index contributed by atoms with van der Waals surface area (Å²) in [4.78, 5) is 7.09. The Balaban J connectivity index is 0.00000338. The summed E-state index contributed by atoms with van der Waals surface area (Å²) < 4.78 is 7.48. The Hall–Kier alpha value is -0.940. The fraction of sp³-hybridized carbons (Fsp3) is 0.824. The zero-order valence-electron chi connectivity index (χ0n) is 16.1. The first kappa shape index (κ1) is 23.1. The summed E-state index contributed by atoms with van der Waals surface area (Å²) in [6.45, 7) is 12.4. The molecule has 9 heteroatoms. The van der Waals surface area contributed by atoms with Crippen molar-refractivity contribution in [3.63, 3.8) is 0 Å². The molecular weight excluding hydrogens is 445 g/mol. The molecule has 1 aliphatic heterocycles. The zero-order valence-corrected chi connectivity index (χ0v) is 18.4. The number of halogens is 1. The monoisotopic (exact) mass is 479 g/mol. The zero-order chi connectivity index (χ0) is 17.7. The Bertz CT molecular complexity index is 503. The van der Waals surface area contributed by atoms with Crippen LogP contribution in [0.3, 0.4) is 0 Å². The van der Waals surface area contributed by atoms with Gasteiger partial charge in [-0.3, -0.25) is 9.89 Å². The summed E-state index contributed by atoms with van der Waals surface area (Å²) in [7, 11) is 0. The number of rotatable bonds is 10. The van der Waals surface area contributed by atoms with Gasteiger partial charge in [0.2, 0.25) is 0 Å². The van der Waals surface area contributed by atoms with E-state index < -0.39 is 0 Å². The molecule has 1 aromatic rings. The number of ether oxygens (including phenoxy) is 1. The van der Waals surface area contributed by atoms with Crippen molar-refractivity contribution < 1.29 is 4.74 Å². The summed E-state index contributed by atoms with van der Waals surface area (Å²) in [5, 5.41) is 15.0. The largest absolute Gasteiger partial charge is 0.379 e. The van der Waals surface area contributed by atoms with E-state index >= 15 is 0 Å². The highest BCUT2D eigenvalue weighted by molar-refractivity contribution is 14.0. The fourth-order valence-electron chi connectivity index (χ4n) is 2.71. The van der Waals surface area contributed by atoms with E-state index in [4.69, 9.17) is 4.74 Å². The minimum Gasteiger partial charge on any atom is -0.379 e. The summed E-state index contributed by atoms with van der Waals surface area (Å²) in [6, 6.07) is 0. The Morgan fingerprint density at radius 1 is 1.19 bits per heavy atom. The molecule has 0 saturated carbocycles. The number of hydrogen-bond acceptors (Lipinski definition) is 5. The van der Waals surface area contributed by atoms with Gasteiger partial charge in [0, 0.05) is 52.2 Å². The molecule has 0 aromatic carbocycles. The van der Waals surface area contributed by atoms with E-state index in [2.05, 4.69) is 49.1 Å². The molecule has 1 fully saturated rings. The van der Waals surface area contributed by atoms with Crippen LogP contribution >= 0.6 is 24.0 Å². The summed E-state index contributed by atoms with van der Waals surface area (Å²) in [5.41, 5.74) is 0. The van der Waals surface area contributed by atoms with Crippen molar-refractivity contribution in [2.45, 2.75) is 39.7 Å². The Morgan fingerprint density at radius 3 is 2.62 bits per heavy atom. The SMILES string of the molecule is CCCCN=C(NCCN1CCOCC1)NCCn1cnnc1CC.I. The molecule has 0 atom stereocenters. The number of morpholine rings is 1. The number of guanidine groups is 1. The average Bonchev–Trinajstić information content (AvgIpc) is 3.10. The summed E-state index contributed by atoms with van der Waals surface area (Å²) >= 11 is 0. The van der Waals surface area contributed by atoms with Crippen molar-refractivity contribution in [3.05, 3.63) is 12.2 Å². The van der Waals surface area contributed by atoms with Crippen molar-refractivity contribution in [3.8, 4) is 0 Å². The van der Waals surface area contributed by atoms with Gasteiger partial charge in [-0.05, 0) is 6.42 Å². The lowest BCUT2D eigenvalue weighted by atomic mass is 10.3. The van der Waals surface area contributed by atoms with Crippen molar-refractivity contribution in [2.24, 2.45) is 4.99 Å². The van der Waals surface area contributed by atoms with Gasteiger partial charge in [0.05, 0.1) is 13.2 Å². The van der Waals surface area contributed by atoms with Gasteiger partial charge >= 0.3 is 0 Å². The van der Waals surface area contributed by atoms with E-state index in [1.54, 1.807) is 6.33 Å². The lowest BCUT2D eigenvalue weighted by Gasteiger charge is -2.26. The molecular formula is C17H34IN7O. The van der Waals surface area contributed by atoms with Gasteiger partial charge in [-0.15, -0.1) is 34.2 Å². The minimum atomic E-state index is 0. The molecule has 8 nitrogen and oxygen atoms in total. The molecule has 1 aromatic heterocycles. The molecule has 1 aliphatic rings. The first-order chi connectivity index (χ1) is 12.3. The molecule has 2 heterocycles. The molecule has 0 amide bonds. The van der Waals surface area contributed by atoms with Gasteiger partial charge in [0.15, 0.2) is 5.96 Å². The van der Waals surface area contributed by atoms with E-state index in [1.165, 1.54) is 0 Å². The second kappa shape index (κ2) is 14.2. The second-order valence-electron chi connectivity index (χ2n) is 6.19. The maximum absolute atomic E-state index is 5.39. The molecule has 1 saturated heterocycles. The standard InChI is InChI=1S/C17H33N7O.HI/c1-3-5-6-18-17(19-7-9-23-11-13-25-14-12-23)20-8-10-24-15-21-22-16(24)4-2;/h15H,3-14H2,1-2H3,(H2,18,19,20);1H. The predicted molar refractivity (Wildman–Crippen MR) is 115 cm³/mol. The number of unbranched alkanes of at least 4 members (excludes halogenated alkanes) is 1. The summed E-state index contributed by atoms with van der Waals surface area (Å²) in [6.07, 6.45) is 4.96. The number of nitrogens with zero attached hydrogens (tertiary/aromatic N) is 5. The lowest BCUT2D eigenvalue weighted by molar-refractivity contribution is 0.0389. The van der Waals surface area contributed by atoms with Crippen LogP contribution in [-0.2, 0) is 17.7 Å². The highest BCUT2D eigenvalue weighted by atomic mass is 127. The first-order valence-corrected chi connectivity index (χ1v) is 9.52. The Labute approximate surface area is 174 Å². The normalized spacial score (nSPS) is 15.5. The molecule has 150 valence electrons. The van der Waals surface area contributed by atoms with Crippen molar-refractivity contribution in [2.75, 3.05) is 52.5 Å². The van der Waals surface area contributed by atoms with Crippen LogP contribution in [0.15, 0.2) is 11.3 Å². The van der Waals surface area contributed by atoms with E-state index in [-0.39, 0.29) is 24.0 Å². The van der Waals surface area contributed by atoms with Crippen molar-refractivity contribution in [1.82, 2.24) is 30.3 Å². The third-order valence-electron chi connectivity index (χ3n) is 4.26. The van der Waals surface area contributed by atoms with E-state index in [0.717, 1.165) is 90.1 Å². The predicted octanol–water partition coefficient (Wildman–Crippen LogP) is 1.13. The number of aryl methyl sites for hydroxylation is 1. The fourth-order valence-corrected chi connectivity index (χ4v) is 2.71. The molecule has 2 N–H and O–H groups in total. The van der Waals surface area contributed by atoms with Crippen LogP contribution in [0.4, 0.5) is 0 Å². The van der Waals surface area contributed by atoms with Crippen LogP contribution in [0, 0.1) is 0 Å². The maximum atomic E-state index is 5.39. The lowest BCUT2D eigenvalue weighted by Crippen LogP contribution is -2.45. The minimum absolute atomic E-state index is 0. The molecule has 26 heavy (non-hydrogen) atoms. The second-order valence-corrected chi connectivity index (χ2v) is 6.19. The van der Waals surface area contributed by atoms with Gasteiger partial charge in [0.25, 0.3) is 0 Å². The number of aromatic nitrogens is 3. The molecule has 0 aliphatic carbocycles. The van der Waals surface area contributed by atoms with Gasteiger partial charge in [-0.25, -0.2) is 0 Å². The van der Waals surface area contributed by atoms with E-state index in [0.29, 0.717) is 0 Å². The van der Waals surface area contributed by atoms with E-state index in [9.17, 15) is 0 Å². The number of nitrogens with one attached hydrogen (secondary N) is 2. The average molecular weight is 479 g/mol. The van der Waals surface area contributed by atoms with Gasteiger partial charge in [-0.2, -0.15) is 0 Å². The molecule has 0 radical (unpaired) electrons. The molecule has 0 unspecified atom stereocenters. The number of hydrogen-bond donors (Lipinski definition) is 2. The van der Waals surface area contributed by atoms with Crippen LogP contribution < -0.4 is 10.6 Å². The number of aliphatic imine (C=N–C) groups is 1. The van der Waals surface area contributed by atoms with Crippen LogP contribution in [0.1, 0.15) is 32.5 Å². The first-order valence-electron chi connectivity index (χ1n) is 9.52. The van der Waals surface area contributed by atoms with E-state index in [1.807, 2.05) is 0 Å².